The Bertz CT molecular complexity index is 229. The zero-order chi connectivity index (χ0) is 9.47. The molecule has 0 radical (unpaired) electrons. The van der Waals surface area contributed by atoms with Crippen LogP contribution in [0.2, 0.25) is 0 Å². The van der Waals surface area contributed by atoms with Crippen LogP contribution in [0.3, 0.4) is 0 Å². The van der Waals surface area contributed by atoms with Gasteiger partial charge in [0.15, 0.2) is 0 Å². The van der Waals surface area contributed by atoms with E-state index < -0.39 is 5.60 Å². The summed E-state index contributed by atoms with van der Waals surface area (Å²) in [4.78, 5) is 2.41. The Morgan fingerprint density at radius 2 is 2.00 bits per heavy atom. The van der Waals surface area contributed by atoms with Crippen LogP contribution in [0.4, 0.5) is 0 Å². The summed E-state index contributed by atoms with van der Waals surface area (Å²) in [5.74, 6) is 2.59. The number of piperidine rings is 1. The fraction of sp³-hybridized carbons (Fsp3) is 0.818. The van der Waals surface area contributed by atoms with Gasteiger partial charge in [-0.15, -0.1) is 12.3 Å². The van der Waals surface area contributed by atoms with E-state index in [4.69, 9.17) is 6.42 Å². The first-order valence-corrected chi connectivity index (χ1v) is 5.02. The maximum absolute atomic E-state index is 10.2. The van der Waals surface area contributed by atoms with E-state index in [1.165, 1.54) is 12.8 Å². The Morgan fingerprint density at radius 3 is 2.46 bits per heavy atom. The minimum Gasteiger partial charge on any atom is -0.389 e. The smallest absolute Gasteiger partial charge is 0.0786 e. The van der Waals surface area contributed by atoms with Crippen molar-refractivity contribution in [2.75, 3.05) is 7.05 Å². The number of hydrogen-bond acceptors (Lipinski definition) is 2. The molecule has 2 atom stereocenters. The largest absolute Gasteiger partial charge is 0.389 e. The van der Waals surface area contributed by atoms with Gasteiger partial charge in [0.05, 0.1) is 5.60 Å². The summed E-state index contributed by atoms with van der Waals surface area (Å²) in [6, 6.07) is 1.13. The molecule has 0 aromatic heterocycles. The highest BCUT2D eigenvalue weighted by Crippen LogP contribution is 2.40. The van der Waals surface area contributed by atoms with Crippen molar-refractivity contribution in [3.05, 3.63) is 0 Å². The number of fused-ring (bicyclic) bond motifs is 2. The van der Waals surface area contributed by atoms with Gasteiger partial charge in [0.2, 0.25) is 0 Å². The van der Waals surface area contributed by atoms with Crippen molar-refractivity contribution >= 4 is 0 Å². The molecule has 2 bridgehead atoms. The highest BCUT2D eigenvalue weighted by atomic mass is 16.3. The molecule has 72 valence electrons. The van der Waals surface area contributed by atoms with Crippen LogP contribution in [0, 0.1) is 12.3 Å². The van der Waals surface area contributed by atoms with Gasteiger partial charge >= 0.3 is 0 Å². The fourth-order valence-corrected chi connectivity index (χ4v) is 2.88. The van der Waals surface area contributed by atoms with E-state index in [9.17, 15) is 5.11 Å². The molecule has 2 fully saturated rings. The van der Waals surface area contributed by atoms with Crippen molar-refractivity contribution in [3.8, 4) is 12.3 Å². The lowest BCUT2D eigenvalue weighted by atomic mass is 9.84. The van der Waals surface area contributed by atoms with Crippen LogP contribution < -0.4 is 0 Å². The third-order valence-corrected chi connectivity index (χ3v) is 3.65. The van der Waals surface area contributed by atoms with Crippen LogP contribution in [0.25, 0.3) is 0 Å². The minimum absolute atomic E-state index is 0.522. The summed E-state index contributed by atoms with van der Waals surface area (Å²) in [6.07, 6.45) is 9.98. The third-order valence-electron chi connectivity index (χ3n) is 3.65. The van der Waals surface area contributed by atoms with E-state index in [-0.39, 0.29) is 0 Å². The Balaban J connectivity index is 2.10. The molecule has 0 saturated carbocycles. The third kappa shape index (κ3) is 1.47. The molecule has 0 spiro atoms. The summed E-state index contributed by atoms with van der Waals surface area (Å²) in [5.41, 5.74) is -0.562. The Hall–Kier alpha value is -0.520. The first kappa shape index (κ1) is 9.05. The lowest BCUT2D eigenvalue weighted by Crippen LogP contribution is -2.49. The molecule has 0 aliphatic carbocycles. The minimum atomic E-state index is -0.562. The molecule has 2 rings (SSSR count). The second-order valence-corrected chi connectivity index (χ2v) is 4.56. The maximum atomic E-state index is 10.2. The highest BCUT2D eigenvalue weighted by Gasteiger charge is 2.45. The van der Waals surface area contributed by atoms with Gasteiger partial charge in [-0.05, 0) is 32.7 Å². The summed E-state index contributed by atoms with van der Waals surface area (Å²) in [7, 11) is 2.16. The second kappa shape index (κ2) is 3.01. The number of terminal acetylenes is 1. The first-order chi connectivity index (χ1) is 6.14. The van der Waals surface area contributed by atoms with Crippen LogP contribution >= 0.6 is 0 Å². The zero-order valence-electron chi connectivity index (χ0n) is 8.16. The molecule has 2 aliphatic rings. The first-order valence-electron chi connectivity index (χ1n) is 5.02. The van der Waals surface area contributed by atoms with Crippen molar-refractivity contribution in [1.82, 2.24) is 4.90 Å². The Labute approximate surface area is 79.9 Å². The lowest BCUT2D eigenvalue weighted by Gasteiger charge is -2.41. The Morgan fingerprint density at radius 1 is 1.46 bits per heavy atom. The van der Waals surface area contributed by atoms with E-state index >= 15 is 0 Å². The topological polar surface area (TPSA) is 23.5 Å². The van der Waals surface area contributed by atoms with E-state index in [0.29, 0.717) is 18.5 Å². The average molecular weight is 179 g/mol. The van der Waals surface area contributed by atoms with Crippen LogP contribution in [-0.4, -0.2) is 34.7 Å². The zero-order valence-corrected chi connectivity index (χ0v) is 8.16. The number of nitrogens with zero attached hydrogens (tertiary/aromatic N) is 1. The molecule has 2 unspecified atom stereocenters. The van der Waals surface area contributed by atoms with E-state index in [0.717, 1.165) is 12.8 Å². The molecule has 1 N–H and O–H groups in total. The van der Waals surface area contributed by atoms with Crippen molar-refractivity contribution < 1.29 is 5.11 Å². The molecule has 2 aliphatic heterocycles. The van der Waals surface area contributed by atoms with Gasteiger partial charge in [-0.1, -0.05) is 0 Å². The fourth-order valence-electron chi connectivity index (χ4n) is 2.88. The molecule has 2 heteroatoms. The van der Waals surface area contributed by atoms with E-state index in [1.54, 1.807) is 0 Å². The summed E-state index contributed by atoms with van der Waals surface area (Å²) in [5, 5.41) is 10.2. The molecule has 2 saturated heterocycles. The standard InChI is InChI=1S/C11H17NO/c1-3-6-11(13)7-9-4-5-10(8-11)12(9)2/h1,9-10,13H,4-8H2,2H3. The molecular weight excluding hydrogens is 162 g/mol. The van der Waals surface area contributed by atoms with Crippen molar-refractivity contribution in [1.29, 1.82) is 0 Å². The van der Waals surface area contributed by atoms with Crippen LogP contribution in [0.15, 0.2) is 0 Å². The van der Waals surface area contributed by atoms with Crippen molar-refractivity contribution in [2.45, 2.75) is 49.8 Å². The van der Waals surface area contributed by atoms with Gasteiger partial charge in [-0.2, -0.15) is 0 Å². The maximum Gasteiger partial charge on any atom is 0.0786 e. The number of hydrogen-bond donors (Lipinski definition) is 1. The summed E-state index contributed by atoms with van der Waals surface area (Å²) in [6.45, 7) is 0. The van der Waals surface area contributed by atoms with Gasteiger partial charge in [0.25, 0.3) is 0 Å². The predicted octanol–water partition coefficient (Wildman–Crippen LogP) is 0.997. The van der Waals surface area contributed by atoms with Crippen molar-refractivity contribution in [2.24, 2.45) is 0 Å². The van der Waals surface area contributed by atoms with Crippen LogP contribution in [0.1, 0.15) is 32.1 Å². The lowest BCUT2D eigenvalue weighted by molar-refractivity contribution is -0.0403. The molecule has 2 nitrogen and oxygen atoms in total. The molecule has 2 heterocycles. The quantitative estimate of drug-likeness (QED) is 0.607. The van der Waals surface area contributed by atoms with Gasteiger partial charge < -0.3 is 10.0 Å². The van der Waals surface area contributed by atoms with E-state index in [1.807, 2.05) is 0 Å². The van der Waals surface area contributed by atoms with Gasteiger partial charge in [0, 0.05) is 18.5 Å². The summed E-state index contributed by atoms with van der Waals surface area (Å²) >= 11 is 0. The number of rotatable bonds is 1. The highest BCUT2D eigenvalue weighted by molar-refractivity contribution is 5.05. The van der Waals surface area contributed by atoms with Gasteiger partial charge in [0.1, 0.15) is 0 Å². The second-order valence-electron chi connectivity index (χ2n) is 4.56. The molecule has 13 heavy (non-hydrogen) atoms. The Kier molecular flexibility index (Phi) is 2.09. The van der Waals surface area contributed by atoms with Gasteiger partial charge in [-0.25, -0.2) is 0 Å². The summed E-state index contributed by atoms with van der Waals surface area (Å²) < 4.78 is 0. The van der Waals surface area contributed by atoms with Gasteiger partial charge in [-0.3, -0.25) is 0 Å². The van der Waals surface area contributed by atoms with Crippen LogP contribution in [0.5, 0.6) is 0 Å². The van der Waals surface area contributed by atoms with Crippen LogP contribution in [-0.2, 0) is 0 Å². The monoisotopic (exact) mass is 179 g/mol. The van der Waals surface area contributed by atoms with E-state index in [2.05, 4.69) is 17.9 Å². The normalized spacial score (nSPS) is 44.7. The number of aliphatic hydroxyl groups is 1. The molecule has 0 aromatic carbocycles. The SMILES string of the molecule is C#CCC1(O)CC2CCC(C1)N2C. The molecule has 0 aromatic rings. The molecule has 0 amide bonds. The predicted molar refractivity (Wildman–Crippen MR) is 52.2 cm³/mol. The molecular formula is C11H17NO. The van der Waals surface area contributed by atoms with Crippen molar-refractivity contribution in [3.63, 3.8) is 0 Å². The average Bonchev–Trinajstić information content (AvgIpc) is 2.34.